The number of methoxy groups -OCH3 is 1. The molecule has 0 aliphatic rings. The Balaban J connectivity index is 1.57. The van der Waals surface area contributed by atoms with Crippen molar-refractivity contribution in [1.29, 1.82) is 0 Å². The normalized spacial score (nSPS) is 10.8. The smallest absolute Gasteiger partial charge is 0.340 e. The molecular formula is C21H18N4O2S2. The number of carbonyl (C=O) groups is 1. The zero-order chi connectivity index (χ0) is 20.2. The summed E-state index contributed by atoms with van der Waals surface area (Å²) in [5, 5.41) is 13.3. The van der Waals surface area contributed by atoms with Crippen molar-refractivity contribution in [3.8, 4) is 0 Å². The summed E-state index contributed by atoms with van der Waals surface area (Å²) in [7, 11) is 1.39. The number of hydrogen-bond donors (Lipinski definition) is 1. The first-order valence-electron chi connectivity index (χ1n) is 8.90. The molecule has 0 saturated carbocycles. The Morgan fingerprint density at radius 2 is 1.86 bits per heavy atom. The number of carbonyl (C=O) groups excluding carboxylic acids is 1. The third-order valence-corrected chi connectivity index (χ3v) is 6.36. The van der Waals surface area contributed by atoms with Crippen LogP contribution in [0, 0.1) is 6.92 Å². The van der Waals surface area contributed by atoms with Crippen LogP contribution in [0.5, 0.6) is 0 Å². The number of benzene rings is 2. The lowest BCUT2D eigenvalue weighted by Gasteiger charge is -2.12. The molecule has 0 aliphatic carbocycles. The van der Waals surface area contributed by atoms with Gasteiger partial charge < -0.3 is 10.1 Å². The molecule has 29 heavy (non-hydrogen) atoms. The van der Waals surface area contributed by atoms with Crippen molar-refractivity contribution in [1.82, 2.24) is 15.2 Å². The molecule has 4 rings (SSSR count). The molecule has 0 amide bonds. The van der Waals surface area contributed by atoms with Crippen LogP contribution in [0.25, 0.3) is 10.9 Å². The molecule has 0 fully saturated rings. The van der Waals surface area contributed by atoms with E-state index in [-0.39, 0.29) is 5.97 Å². The summed E-state index contributed by atoms with van der Waals surface area (Å²) in [5.41, 5.74) is 3.90. The highest BCUT2D eigenvalue weighted by molar-refractivity contribution is 8.00. The van der Waals surface area contributed by atoms with E-state index in [0.717, 1.165) is 31.6 Å². The molecule has 4 aromatic rings. The summed E-state index contributed by atoms with van der Waals surface area (Å²) in [6.07, 6.45) is 0. The number of ether oxygens (including phenoxy) is 1. The maximum Gasteiger partial charge on any atom is 0.340 e. The van der Waals surface area contributed by atoms with Gasteiger partial charge >= 0.3 is 5.97 Å². The summed E-state index contributed by atoms with van der Waals surface area (Å²) >= 11 is 2.96. The number of anilines is 2. The number of nitrogens with one attached hydrogen (secondary N) is 1. The van der Waals surface area contributed by atoms with E-state index >= 15 is 0 Å². The Morgan fingerprint density at radius 3 is 2.66 bits per heavy atom. The second-order valence-corrected chi connectivity index (χ2v) is 8.42. The van der Waals surface area contributed by atoms with E-state index in [4.69, 9.17) is 9.72 Å². The highest BCUT2D eigenvalue weighted by Gasteiger charge is 2.20. The monoisotopic (exact) mass is 422 g/mol. The summed E-state index contributed by atoms with van der Waals surface area (Å²) in [5.74, 6) is 0.121. The molecule has 0 radical (unpaired) electrons. The van der Waals surface area contributed by atoms with Crippen molar-refractivity contribution >= 4 is 50.8 Å². The predicted octanol–water partition coefficient (Wildman–Crippen LogP) is 5.22. The summed E-state index contributed by atoms with van der Waals surface area (Å²) in [6, 6.07) is 17.6. The number of esters is 1. The minimum Gasteiger partial charge on any atom is -0.465 e. The second-order valence-electron chi connectivity index (χ2n) is 6.22. The van der Waals surface area contributed by atoms with Crippen LogP contribution in [0.15, 0.2) is 58.9 Å². The number of aromatic nitrogens is 3. The van der Waals surface area contributed by atoms with Gasteiger partial charge in [-0.2, -0.15) is 0 Å². The van der Waals surface area contributed by atoms with Crippen LogP contribution in [0.1, 0.15) is 21.6 Å². The predicted molar refractivity (Wildman–Crippen MR) is 117 cm³/mol. The average molecular weight is 423 g/mol. The molecule has 0 aliphatic heterocycles. The van der Waals surface area contributed by atoms with Gasteiger partial charge in [0.15, 0.2) is 4.34 Å². The molecule has 8 heteroatoms. The van der Waals surface area contributed by atoms with Gasteiger partial charge in [-0.1, -0.05) is 59.5 Å². The molecule has 6 nitrogen and oxygen atoms in total. The lowest BCUT2D eigenvalue weighted by molar-refractivity contribution is 0.0598. The van der Waals surface area contributed by atoms with Crippen LogP contribution in [-0.4, -0.2) is 28.3 Å². The Kier molecular flexibility index (Phi) is 5.73. The summed E-state index contributed by atoms with van der Waals surface area (Å²) in [4.78, 5) is 17.1. The van der Waals surface area contributed by atoms with E-state index in [1.165, 1.54) is 30.2 Å². The number of pyridine rings is 1. The number of hydrogen-bond acceptors (Lipinski definition) is 8. The van der Waals surface area contributed by atoms with Gasteiger partial charge in [0.1, 0.15) is 0 Å². The van der Waals surface area contributed by atoms with Crippen LogP contribution in [0.3, 0.4) is 0 Å². The standard InChI is InChI=1S/C21H18N4O2S2/c1-13-15-10-6-7-11-16(15)23-17(18(13)19(26)27-2)12-28-21-25-24-20(29-21)22-14-8-4-3-5-9-14/h3-11H,12H2,1-2H3,(H,22,24). The van der Waals surface area contributed by atoms with E-state index in [1.54, 1.807) is 0 Å². The van der Waals surface area contributed by atoms with E-state index in [0.29, 0.717) is 17.0 Å². The minimum absolute atomic E-state index is 0.375. The maximum absolute atomic E-state index is 12.4. The fourth-order valence-electron chi connectivity index (χ4n) is 3.01. The number of thioether (sulfide) groups is 1. The van der Waals surface area contributed by atoms with Crippen molar-refractivity contribution in [2.75, 3.05) is 12.4 Å². The lowest BCUT2D eigenvalue weighted by atomic mass is 10.0. The molecule has 0 atom stereocenters. The highest BCUT2D eigenvalue weighted by Crippen LogP contribution is 2.32. The van der Waals surface area contributed by atoms with Gasteiger partial charge in [0.25, 0.3) is 0 Å². The summed E-state index contributed by atoms with van der Waals surface area (Å²) < 4.78 is 5.80. The second kappa shape index (κ2) is 8.59. The highest BCUT2D eigenvalue weighted by atomic mass is 32.2. The minimum atomic E-state index is -0.375. The van der Waals surface area contributed by atoms with Crippen molar-refractivity contribution in [2.24, 2.45) is 0 Å². The van der Waals surface area contributed by atoms with Crippen molar-refractivity contribution in [2.45, 2.75) is 17.0 Å². The maximum atomic E-state index is 12.4. The van der Waals surface area contributed by atoms with Crippen molar-refractivity contribution in [3.05, 3.63) is 71.4 Å². The largest absolute Gasteiger partial charge is 0.465 e. The number of rotatable bonds is 6. The quantitative estimate of drug-likeness (QED) is 0.337. The van der Waals surface area contributed by atoms with Crippen LogP contribution < -0.4 is 5.32 Å². The average Bonchev–Trinajstić information content (AvgIpc) is 3.20. The van der Waals surface area contributed by atoms with Gasteiger partial charge in [-0.3, -0.25) is 4.98 Å². The molecule has 2 aromatic carbocycles. The fraction of sp³-hybridized carbons (Fsp3) is 0.143. The van der Waals surface area contributed by atoms with E-state index in [1.807, 2.05) is 61.5 Å². The Morgan fingerprint density at radius 1 is 1.10 bits per heavy atom. The third kappa shape index (κ3) is 4.23. The van der Waals surface area contributed by atoms with Crippen LogP contribution in [0.2, 0.25) is 0 Å². The van der Waals surface area contributed by atoms with Gasteiger partial charge in [-0.05, 0) is 30.7 Å². The molecule has 146 valence electrons. The van der Waals surface area contributed by atoms with Crippen molar-refractivity contribution < 1.29 is 9.53 Å². The molecule has 2 aromatic heterocycles. The number of aryl methyl sites for hydroxylation is 1. The van der Waals surface area contributed by atoms with Crippen LogP contribution in [-0.2, 0) is 10.5 Å². The van der Waals surface area contributed by atoms with E-state index in [9.17, 15) is 4.79 Å². The lowest BCUT2D eigenvalue weighted by Crippen LogP contribution is -2.10. The number of para-hydroxylation sites is 2. The first-order valence-corrected chi connectivity index (χ1v) is 10.7. The molecule has 0 unspecified atom stereocenters. The van der Waals surface area contributed by atoms with Gasteiger partial charge in [0, 0.05) is 16.8 Å². The zero-order valence-electron chi connectivity index (χ0n) is 15.9. The SMILES string of the molecule is COC(=O)c1c(CSc2nnc(Nc3ccccc3)s2)nc2ccccc2c1C. The first kappa shape index (κ1) is 19.4. The first-order chi connectivity index (χ1) is 14.2. The Labute approximate surface area is 176 Å². The van der Waals surface area contributed by atoms with Crippen molar-refractivity contribution in [3.63, 3.8) is 0 Å². The zero-order valence-corrected chi connectivity index (χ0v) is 17.5. The molecule has 0 bridgehead atoms. The molecular weight excluding hydrogens is 404 g/mol. The third-order valence-electron chi connectivity index (χ3n) is 4.38. The van der Waals surface area contributed by atoms with E-state index in [2.05, 4.69) is 15.5 Å². The van der Waals surface area contributed by atoms with Crippen LogP contribution in [0.4, 0.5) is 10.8 Å². The number of fused-ring (bicyclic) bond motifs is 1. The fourth-order valence-corrected chi connectivity index (χ4v) is 4.73. The topological polar surface area (TPSA) is 77.0 Å². The van der Waals surface area contributed by atoms with E-state index < -0.39 is 0 Å². The van der Waals surface area contributed by atoms with Gasteiger partial charge in [0.05, 0.1) is 23.9 Å². The molecule has 0 saturated heterocycles. The number of nitrogens with zero attached hydrogens (tertiary/aromatic N) is 3. The Bertz CT molecular complexity index is 1160. The molecule has 2 heterocycles. The molecule has 1 N–H and O–H groups in total. The van der Waals surface area contributed by atoms with Gasteiger partial charge in [-0.25, -0.2) is 4.79 Å². The Hall–Kier alpha value is -2.97. The summed E-state index contributed by atoms with van der Waals surface area (Å²) in [6.45, 7) is 1.93. The van der Waals surface area contributed by atoms with Gasteiger partial charge in [0.2, 0.25) is 5.13 Å². The van der Waals surface area contributed by atoms with Gasteiger partial charge in [-0.15, -0.1) is 10.2 Å². The molecule has 0 spiro atoms. The van der Waals surface area contributed by atoms with Crippen LogP contribution >= 0.6 is 23.1 Å².